The number of hydrogen-bond acceptors (Lipinski definition) is 5. The molecule has 0 unspecified atom stereocenters. The van der Waals surface area contributed by atoms with E-state index in [0.717, 1.165) is 37.4 Å². The lowest BCUT2D eigenvalue weighted by Gasteiger charge is -2.15. The summed E-state index contributed by atoms with van der Waals surface area (Å²) in [5.41, 5.74) is -1.94. The number of benzene rings is 2. The summed E-state index contributed by atoms with van der Waals surface area (Å²) in [7, 11) is -3.26. The summed E-state index contributed by atoms with van der Waals surface area (Å²) in [6, 6.07) is 5.82. The van der Waals surface area contributed by atoms with Crippen LogP contribution in [0.2, 0.25) is 10.0 Å². The van der Waals surface area contributed by atoms with Crippen molar-refractivity contribution in [1.82, 2.24) is 0 Å². The van der Waals surface area contributed by atoms with Gasteiger partial charge >= 0.3 is 12.1 Å². The molecular formula is C16H12Cl2F3NO5S. The third kappa shape index (κ3) is 5.43. The standard InChI is InChI=1S/C16H12Cl2F3NO5S/c1-26-15(23)8-27-14-5-3-10(7-12(14)18)28(24,25)22-13-4-2-9(17)6-11(13)16(19,20)21/h2-7,22H,8H2,1H3. The van der Waals surface area contributed by atoms with Crippen LogP contribution in [0.25, 0.3) is 0 Å². The van der Waals surface area contributed by atoms with Crippen LogP contribution in [0.4, 0.5) is 18.9 Å². The summed E-state index contributed by atoms with van der Waals surface area (Å²) in [6.07, 6.45) is -4.83. The van der Waals surface area contributed by atoms with Gasteiger partial charge in [-0.1, -0.05) is 23.2 Å². The van der Waals surface area contributed by atoms with Gasteiger partial charge in [-0.2, -0.15) is 13.2 Å². The Morgan fingerprint density at radius 2 is 1.82 bits per heavy atom. The van der Waals surface area contributed by atoms with Gasteiger partial charge in [-0.15, -0.1) is 0 Å². The van der Waals surface area contributed by atoms with E-state index in [1.54, 1.807) is 0 Å². The number of ether oxygens (including phenoxy) is 2. The average Bonchev–Trinajstić information content (AvgIpc) is 2.60. The van der Waals surface area contributed by atoms with Gasteiger partial charge in [0.1, 0.15) is 5.75 Å². The van der Waals surface area contributed by atoms with Crippen molar-refractivity contribution in [2.75, 3.05) is 18.4 Å². The lowest BCUT2D eigenvalue weighted by atomic mass is 10.2. The van der Waals surface area contributed by atoms with E-state index in [0.29, 0.717) is 6.07 Å². The van der Waals surface area contributed by atoms with Crippen LogP contribution in [0.3, 0.4) is 0 Å². The van der Waals surface area contributed by atoms with Crippen LogP contribution >= 0.6 is 23.2 Å². The highest BCUT2D eigenvalue weighted by atomic mass is 35.5. The molecule has 0 fully saturated rings. The number of hydrogen-bond donors (Lipinski definition) is 1. The van der Waals surface area contributed by atoms with Gasteiger partial charge in [0.05, 0.1) is 28.3 Å². The lowest BCUT2D eigenvalue weighted by molar-refractivity contribution is -0.143. The predicted molar refractivity (Wildman–Crippen MR) is 96.2 cm³/mol. The number of sulfonamides is 1. The summed E-state index contributed by atoms with van der Waals surface area (Å²) >= 11 is 11.5. The van der Waals surface area contributed by atoms with Crippen LogP contribution < -0.4 is 9.46 Å². The molecular weight excluding hydrogens is 446 g/mol. The number of methoxy groups -OCH3 is 1. The number of nitrogens with one attached hydrogen (secondary N) is 1. The minimum Gasteiger partial charge on any atom is -0.480 e. The predicted octanol–water partition coefficient (Wildman–Crippen LogP) is 4.36. The molecule has 0 saturated heterocycles. The first-order valence-corrected chi connectivity index (χ1v) is 9.56. The molecule has 2 aromatic rings. The fraction of sp³-hybridized carbons (Fsp3) is 0.188. The second-order valence-electron chi connectivity index (χ2n) is 5.25. The van der Waals surface area contributed by atoms with Crippen LogP contribution in [0, 0.1) is 0 Å². The molecule has 12 heteroatoms. The number of carbonyl (C=O) groups excluding carboxylic acids is 1. The third-order valence-corrected chi connectivity index (χ3v) is 5.21. The van der Waals surface area contributed by atoms with E-state index in [1.165, 1.54) is 0 Å². The molecule has 152 valence electrons. The van der Waals surface area contributed by atoms with Crippen molar-refractivity contribution in [1.29, 1.82) is 0 Å². The number of anilines is 1. The van der Waals surface area contributed by atoms with E-state index in [9.17, 15) is 26.4 Å². The molecule has 0 amide bonds. The van der Waals surface area contributed by atoms with Crippen LogP contribution in [-0.4, -0.2) is 28.1 Å². The second-order valence-corrected chi connectivity index (χ2v) is 7.78. The Hall–Kier alpha value is -2.17. The highest BCUT2D eigenvalue weighted by Crippen LogP contribution is 2.37. The minimum atomic E-state index is -4.83. The minimum absolute atomic E-state index is 0.00603. The van der Waals surface area contributed by atoms with Gasteiger partial charge in [-0.25, -0.2) is 13.2 Å². The fourth-order valence-electron chi connectivity index (χ4n) is 2.01. The number of esters is 1. The highest BCUT2D eigenvalue weighted by Gasteiger charge is 2.35. The molecule has 0 atom stereocenters. The van der Waals surface area contributed by atoms with Crippen LogP contribution in [0.1, 0.15) is 5.56 Å². The summed E-state index contributed by atoms with van der Waals surface area (Å²) < 4.78 is 75.6. The van der Waals surface area contributed by atoms with Crippen LogP contribution in [-0.2, 0) is 25.7 Å². The van der Waals surface area contributed by atoms with E-state index in [2.05, 4.69) is 4.74 Å². The zero-order valence-electron chi connectivity index (χ0n) is 14.0. The fourth-order valence-corrected chi connectivity index (χ4v) is 3.58. The quantitative estimate of drug-likeness (QED) is 0.651. The van der Waals surface area contributed by atoms with E-state index in [1.807, 2.05) is 4.72 Å². The Bertz CT molecular complexity index is 996. The van der Waals surface area contributed by atoms with E-state index in [-0.39, 0.29) is 15.8 Å². The molecule has 2 rings (SSSR count). The van der Waals surface area contributed by atoms with E-state index < -0.39 is 44.9 Å². The van der Waals surface area contributed by atoms with Gasteiger partial charge < -0.3 is 9.47 Å². The number of halogens is 5. The van der Waals surface area contributed by atoms with Crippen LogP contribution in [0.5, 0.6) is 5.75 Å². The molecule has 6 nitrogen and oxygen atoms in total. The first kappa shape index (κ1) is 22.1. The van der Waals surface area contributed by atoms with Gasteiger partial charge in [0, 0.05) is 5.02 Å². The highest BCUT2D eigenvalue weighted by molar-refractivity contribution is 7.92. The molecule has 0 radical (unpaired) electrons. The Morgan fingerprint density at radius 1 is 1.14 bits per heavy atom. The molecule has 0 spiro atoms. The normalized spacial score (nSPS) is 11.8. The molecule has 2 aromatic carbocycles. The topological polar surface area (TPSA) is 81.7 Å². The number of alkyl halides is 3. The lowest BCUT2D eigenvalue weighted by Crippen LogP contribution is -2.17. The molecule has 28 heavy (non-hydrogen) atoms. The Balaban J connectivity index is 2.31. The van der Waals surface area contributed by atoms with Gasteiger partial charge in [-0.3, -0.25) is 4.72 Å². The number of carbonyl (C=O) groups is 1. The average molecular weight is 458 g/mol. The van der Waals surface area contributed by atoms with Crippen LogP contribution in [0.15, 0.2) is 41.3 Å². The van der Waals surface area contributed by atoms with Gasteiger partial charge in [0.25, 0.3) is 10.0 Å². The largest absolute Gasteiger partial charge is 0.480 e. The SMILES string of the molecule is COC(=O)COc1ccc(S(=O)(=O)Nc2ccc(Cl)cc2C(F)(F)F)cc1Cl. The molecule has 0 aromatic heterocycles. The van der Waals surface area contributed by atoms with E-state index >= 15 is 0 Å². The first-order chi connectivity index (χ1) is 12.9. The first-order valence-electron chi connectivity index (χ1n) is 7.33. The van der Waals surface area contributed by atoms with Gasteiger partial charge in [-0.05, 0) is 36.4 Å². The van der Waals surface area contributed by atoms with Gasteiger partial charge in [0.2, 0.25) is 0 Å². The molecule has 0 saturated carbocycles. The second kappa shape index (κ2) is 8.46. The summed E-state index contributed by atoms with van der Waals surface area (Å²) in [6.45, 7) is -0.458. The van der Waals surface area contributed by atoms with Crippen molar-refractivity contribution in [2.24, 2.45) is 0 Å². The third-order valence-electron chi connectivity index (χ3n) is 3.32. The number of rotatable bonds is 6. The summed E-state index contributed by atoms with van der Waals surface area (Å²) in [5.74, 6) is -0.689. The zero-order valence-corrected chi connectivity index (χ0v) is 16.3. The monoisotopic (exact) mass is 457 g/mol. The zero-order chi connectivity index (χ0) is 21.1. The van der Waals surface area contributed by atoms with Gasteiger partial charge in [0.15, 0.2) is 6.61 Å². The van der Waals surface area contributed by atoms with Crippen molar-refractivity contribution in [3.63, 3.8) is 0 Å². The van der Waals surface area contributed by atoms with Crippen molar-refractivity contribution >= 4 is 44.9 Å². The molecule has 0 aliphatic carbocycles. The van der Waals surface area contributed by atoms with Crippen molar-refractivity contribution in [3.8, 4) is 5.75 Å². The summed E-state index contributed by atoms with van der Waals surface area (Å²) in [5, 5.41) is -0.371. The molecule has 0 aliphatic rings. The maximum atomic E-state index is 13.1. The summed E-state index contributed by atoms with van der Waals surface area (Å²) in [4.78, 5) is 10.7. The molecule has 0 heterocycles. The Labute approximate surface area is 168 Å². The Morgan fingerprint density at radius 3 is 2.39 bits per heavy atom. The maximum Gasteiger partial charge on any atom is 0.418 e. The smallest absolute Gasteiger partial charge is 0.418 e. The van der Waals surface area contributed by atoms with Crippen molar-refractivity contribution < 1.29 is 35.9 Å². The van der Waals surface area contributed by atoms with Crippen molar-refractivity contribution in [2.45, 2.75) is 11.1 Å². The molecule has 0 aliphatic heterocycles. The molecule has 0 bridgehead atoms. The molecule has 1 N–H and O–H groups in total. The maximum absolute atomic E-state index is 13.1. The van der Waals surface area contributed by atoms with E-state index in [4.69, 9.17) is 27.9 Å². The Kier molecular flexibility index (Phi) is 6.68. The van der Waals surface area contributed by atoms with Crippen molar-refractivity contribution in [3.05, 3.63) is 52.0 Å².